The molecule has 0 aliphatic heterocycles. The third-order valence-electron chi connectivity index (χ3n) is 2.23. The fraction of sp³-hybridized carbons (Fsp3) is 0.364. The predicted molar refractivity (Wildman–Crippen MR) is 49.9 cm³/mol. The highest BCUT2D eigenvalue weighted by molar-refractivity contribution is 5.36. The SMILES string of the molecule is Cc1cc(C)c(F)c(C(C)C#N)c1F. The summed E-state index contributed by atoms with van der Waals surface area (Å²) in [4.78, 5) is 0. The zero-order chi connectivity index (χ0) is 10.9. The molecule has 1 aromatic rings. The second-order valence-corrected chi connectivity index (χ2v) is 3.40. The Morgan fingerprint density at radius 2 is 1.64 bits per heavy atom. The number of nitriles is 1. The van der Waals surface area contributed by atoms with E-state index in [1.54, 1.807) is 13.8 Å². The first-order chi connectivity index (χ1) is 6.49. The average molecular weight is 195 g/mol. The maximum absolute atomic E-state index is 13.5. The van der Waals surface area contributed by atoms with Crippen molar-refractivity contribution in [2.45, 2.75) is 26.7 Å². The lowest BCUT2D eigenvalue weighted by Crippen LogP contribution is -2.03. The monoisotopic (exact) mass is 195 g/mol. The van der Waals surface area contributed by atoms with E-state index in [0.29, 0.717) is 11.1 Å². The molecule has 0 saturated heterocycles. The van der Waals surface area contributed by atoms with Gasteiger partial charge in [0.15, 0.2) is 0 Å². The van der Waals surface area contributed by atoms with Crippen LogP contribution in [0.1, 0.15) is 29.5 Å². The molecular formula is C11H11F2N. The van der Waals surface area contributed by atoms with E-state index in [4.69, 9.17) is 5.26 Å². The third-order valence-corrected chi connectivity index (χ3v) is 2.23. The van der Waals surface area contributed by atoms with Gasteiger partial charge < -0.3 is 0 Å². The highest BCUT2D eigenvalue weighted by atomic mass is 19.1. The molecule has 0 fully saturated rings. The number of aryl methyl sites for hydroxylation is 2. The van der Waals surface area contributed by atoms with Crippen molar-refractivity contribution in [3.8, 4) is 6.07 Å². The molecule has 0 aliphatic rings. The van der Waals surface area contributed by atoms with E-state index >= 15 is 0 Å². The molecule has 0 aromatic heterocycles. The van der Waals surface area contributed by atoms with E-state index in [2.05, 4.69) is 0 Å². The predicted octanol–water partition coefficient (Wildman–Crippen LogP) is 3.21. The Morgan fingerprint density at radius 1 is 1.21 bits per heavy atom. The van der Waals surface area contributed by atoms with Crippen LogP contribution < -0.4 is 0 Å². The van der Waals surface area contributed by atoms with Crippen LogP contribution in [0.3, 0.4) is 0 Å². The normalized spacial score (nSPS) is 12.3. The van der Waals surface area contributed by atoms with E-state index in [0.717, 1.165) is 0 Å². The second kappa shape index (κ2) is 3.75. The quantitative estimate of drug-likeness (QED) is 0.675. The highest BCUT2D eigenvalue weighted by Crippen LogP contribution is 2.26. The number of benzene rings is 1. The van der Waals surface area contributed by atoms with Crippen LogP contribution in [-0.2, 0) is 0 Å². The fourth-order valence-electron chi connectivity index (χ4n) is 1.42. The molecule has 1 nitrogen and oxygen atoms in total. The van der Waals surface area contributed by atoms with Gasteiger partial charge in [-0.15, -0.1) is 0 Å². The molecule has 0 bridgehead atoms. The summed E-state index contributed by atoms with van der Waals surface area (Å²) in [6.07, 6.45) is 0. The van der Waals surface area contributed by atoms with Crippen LogP contribution in [-0.4, -0.2) is 0 Å². The Morgan fingerprint density at radius 3 is 2.00 bits per heavy atom. The molecule has 1 rings (SSSR count). The second-order valence-electron chi connectivity index (χ2n) is 3.40. The average Bonchev–Trinajstić information content (AvgIpc) is 2.15. The zero-order valence-corrected chi connectivity index (χ0v) is 8.36. The van der Waals surface area contributed by atoms with Gasteiger partial charge >= 0.3 is 0 Å². The molecule has 1 unspecified atom stereocenters. The molecule has 0 heterocycles. The first-order valence-corrected chi connectivity index (χ1v) is 4.33. The van der Waals surface area contributed by atoms with Gasteiger partial charge in [0.05, 0.1) is 12.0 Å². The molecule has 14 heavy (non-hydrogen) atoms. The van der Waals surface area contributed by atoms with Gasteiger partial charge in [-0.05, 0) is 31.9 Å². The van der Waals surface area contributed by atoms with Crippen molar-refractivity contribution < 1.29 is 8.78 Å². The van der Waals surface area contributed by atoms with Crippen LogP contribution in [0.4, 0.5) is 8.78 Å². The van der Waals surface area contributed by atoms with Crippen molar-refractivity contribution in [3.63, 3.8) is 0 Å². The van der Waals surface area contributed by atoms with Gasteiger partial charge in [-0.25, -0.2) is 8.78 Å². The summed E-state index contributed by atoms with van der Waals surface area (Å²) in [6.45, 7) is 4.62. The topological polar surface area (TPSA) is 23.8 Å². The standard InChI is InChI=1S/C11H11F2N/c1-6-4-7(2)11(13)9(10(6)12)8(3)5-14/h4,8H,1-3H3. The third kappa shape index (κ3) is 1.60. The van der Waals surface area contributed by atoms with Crippen molar-refractivity contribution in [1.29, 1.82) is 5.26 Å². The van der Waals surface area contributed by atoms with Crippen molar-refractivity contribution in [3.05, 3.63) is 34.4 Å². The van der Waals surface area contributed by atoms with E-state index in [-0.39, 0.29) is 5.56 Å². The molecule has 0 amide bonds. The van der Waals surface area contributed by atoms with Crippen molar-refractivity contribution in [2.75, 3.05) is 0 Å². The lowest BCUT2D eigenvalue weighted by molar-refractivity contribution is 0.540. The molecule has 0 N–H and O–H groups in total. The van der Waals surface area contributed by atoms with Crippen LogP contribution in [0.25, 0.3) is 0 Å². The molecule has 1 aromatic carbocycles. The van der Waals surface area contributed by atoms with Gasteiger partial charge in [0, 0.05) is 5.56 Å². The summed E-state index contributed by atoms with van der Waals surface area (Å²) in [6, 6.07) is 3.28. The Balaban J connectivity index is 3.49. The van der Waals surface area contributed by atoms with Crippen LogP contribution in [0.5, 0.6) is 0 Å². The maximum Gasteiger partial charge on any atom is 0.133 e. The molecular weight excluding hydrogens is 184 g/mol. The number of rotatable bonds is 1. The van der Waals surface area contributed by atoms with Crippen molar-refractivity contribution in [1.82, 2.24) is 0 Å². The van der Waals surface area contributed by atoms with Crippen LogP contribution in [0.2, 0.25) is 0 Å². The molecule has 3 heteroatoms. The Bertz CT molecular complexity index is 378. The Hall–Kier alpha value is -1.43. The van der Waals surface area contributed by atoms with Crippen LogP contribution in [0, 0.1) is 36.8 Å². The largest absolute Gasteiger partial charge is 0.206 e. The number of halogens is 2. The molecule has 74 valence electrons. The molecule has 0 saturated carbocycles. The van der Waals surface area contributed by atoms with E-state index in [1.807, 2.05) is 6.07 Å². The van der Waals surface area contributed by atoms with Gasteiger partial charge in [-0.1, -0.05) is 6.07 Å². The molecule has 0 aliphatic carbocycles. The van der Waals surface area contributed by atoms with Crippen LogP contribution in [0.15, 0.2) is 6.07 Å². The first-order valence-electron chi connectivity index (χ1n) is 4.33. The van der Waals surface area contributed by atoms with E-state index < -0.39 is 17.6 Å². The van der Waals surface area contributed by atoms with E-state index in [1.165, 1.54) is 13.0 Å². The van der Waals surface area contributed by atoms with Crippen molar-refractivity contribution >= 4 is 0 Å². The highest BCUT2D eigenvalue weighted by Gasteiger charge is 2.19. The maximum atomic E-state index is 13.5. The summed E-state index contributed by atoms with van der Waals surface area (Å²) in [5.41, 5.74) is 0.631. The van der Waals surface area contributed by atoms with Gasteiger partial charge in [-0.2, -0.15) is 5.26 Å². The summed E-state index contributed by atoms with van der Waals surface area (Å²) < 4.78 is 27.0. The summed E-state index contributed by atoms with van der Waals surface area (Å²) >= 11 is 0. The Labute approximate surface area is 82.0 Å². The summed E-state index contributed by atoms with van der Waals surface area (Å²) in [7, 11) is 0. The molecule has 0 radical (unpaired) electrons. The lowest BCUT2D eigenvalue weighted by atomic mass is 9.96. The zero-order valence-electron chi connectivity index (χ0n) is 8.36. The van der Waals surface area contributed by atoms with Gasteiger partial charge in [0.1, 0.15) is 11.6 Å². The smallest absolute Gasteiger partial charge is 0.133 e. The van der Waals surface area contributed by atoms with Crippen LogP contribution >= 0.6 is 0 Å². The molecule has 0 spiro atoms. The van der Waals surface area contributed by atoms with E-state index in [9.17, 15) is 8.78 Å². The minimum atomic E-state index is -0.756. The minimum Gasteiger partial charge on any atom is -0.206 e. The number of hydrogen-bond donors (Lipinski definition) is 0. The van der Waals surface area contributed by atoms with Gasteiger partial charge in [0.2, 0.25) is 0 Å². The van der Waals surface area contributed by atoms with Gasteiger partial charge in [0.25, 0.3) is 0 Å². The molecule has 1 atom stereocenters. The fourth-order valence-corrected chi connectivity index (χ4v) is 1.42. The Kier molecular flexibility index (Phi) is 2.85. The summed E-state index contributed by atoms with van der Waals surface area (Å²) in [5, 5.41) is 8.64. The van der Waals surface area contributed by atoms with Gasteiger partial charge in [-0.3, -0.25) is 0 Å². The first kappa shape index (κ1) is 10.6. The van der Waals surface area contributed by atoms with Crippen molar-refractivity contribution in [2.24, 2.45) is 0 Å². The minimum absolute atomic E-state index is 0.120. The number of hydrogen-bond acceptors (Lipinski definition) is 1. The lowest BCUT2D eigenvalue weighted by Gasteiger charge is -2.10. The number of nitrogens with zero attached hydrogens (tertiary/aromatic N) is 1. The summed E-state index contributed by atoms with van der Waals surface area (Å²) in [5.74, 6) is -1.97.